The molecule has 0 saturated carbocycles. The zero-order chi connectivity index (χ0) is 13.8. The molecule has 2 rings (SSSR count). The standard InChI is InChI=1S/C13H16ClFN4/c1-9(2)6-16-7-11-8-19(18-17-11)13-5-10(15)3-4-12(13)14/h3-5,8-9,16H,6-7H2,1-2H3. The van der Waals surface area contributed by atoms with Gasteiger partial charge in [-0.2, -0.15) is 0 Å². The minimum atomic E-state index is -0.352. The summed E-state index contributed by atoms with van der Waals surface area (Å²) in [6.45, 7) is 5.81. The van der Waals surface area contributed by atoms with Crippen molar-refractivity contribution in [2.45, 2.75) is 20.4 Å². The molecule has 1 heterocycles. The monoisotopic (exact) mass is 282 g/mol. The highest BCUT2D eigenvalue weighted by Crippen LogP contribution is 2.20. The zero-order valence-electron chi connectivity index (χ0n) is 10.9. The van der Waals surface area contributed by atoms with Gasteiger partial charge in [0.05, 0.1) is 22.6 Å². The van der Waals surface area contributed by atoms with Crippen LogP contribution in [-0.2, 0) is 6.54 Å². The number of rotatable bonds is 5. The summed E-state index contributed by atoms with van der Waals surface area (Å²) in [6.07, 6.45) is 1.74. The Morgan fingerprint density at radius 3 is 2.95 bits per heavy atom. The predicted molar refractivity (Wildman–Crippen MR) is 72.9 cm³/mol. The van der Waals surface area contributed by atoms with E-state index in [4.69, 9.17) is 11.6 Å². The van der Waals surface area contributed by atoms with Crippen molar-refractivity contribution in [2.75, 3.05) is 6.54 Å². The Kier molecular flexibility index (Phi) is 4.50. The molecule has 0 unspecified atom stereocenters. The van der Waals surface area contributed by atoms with Crippen molar-refractivity contribution in [3.05, 3.63) is 40.9 Å². The van der Waals surface area contributed by atoms with E-state index in [9.17, 15) is 4.39 Å². The smallest absolute Gasteiger partial charge is 0.125 e. The summed E-state index contributed by atoms with van der Waals surface area (Å²) in [7, 11) is 0. The Bertz CT molecular complexity index is 553. The second-order valence-electron chi connectivity index (χ2n) is 4.77. The Balaban J connectivity index is 2.10. The van der Waals surface area contributed by atoms with E-state index in [0.717, 1.165) is 12.2 Å². The molecule has 0 aliphatic carbocycles. The van der Waals surface area contributed by atoms with Gasteiger partial charge in [-0.25, -0.2) is 9.07 Å². The van der Waals surface area contributed by atoms with Gasteiger partial charge >= 0.3 is 0 Å². The molecule has 6 heteroatoms. The van der Waals surface area contributed by atoms with Gasteiger partial charge in [0.25, 0.3) is 0 Å². The number of nitrogens with one attached hydrogen (secondary N) is 1. The van der Waals surface area contributed by atoms with Crippen molar-refractivity contribution in [1.29, 1.82) is 0 Å². The van der Waals surface area contributed by atoms with Crippen LogP contribution in [0.5, 0.6) is 0 Å². The van der Waals surface area contributed by atoms with Gasteiger partial charge in [0, 0.05) is 12.6 Å². The summed E-state index contributed by atoms with van der Waals surface area (Å²) in [5.74, 6) is 0.224. The first-order valence-corrected chi connectivity index (χ1v) is 6.51. The summed E-state index contributed by atoms with van der Waals surface area (Å²) in [4.78, 5) is 0. The van der Waals surface area contributed by atoms with Crippen LogP contribution in [0.1, 0.15) is 19.5 Å². The molecular formula is C13H16ClFN4. The number of hydrogen-bond acceptors (Lipinski definition) is 3. The molecule has 0 spiro atoms. The highest BCUT2D eigenvalue weighted by Gasteiger charge is 2.08. The molecule has 102 valence electrons. The predicted octanol–water partition coefficient (Wildman–Crippen LogP) is 2.81. The number of benzene rings is 1. The summed E-state index contributed by atoms with van der Waals surface area (Å²) in [6, 6.07) is 4.15. The van der Waals surface area contributed by atoms with Crippen molar-refractivity contribution in [3.63, 3.8) is 0 Å². The Labute approximate surface area is 116 Å². The third-order valence-electron chi connectivity index (χ3n) is 2.55. The Morgan fingerprint density at radius 1 is 1.42 bits per heavy atom. The van der Waals surface area contributed by atoms with Crippen molar-refractivity contribution in [3.8, 4) is 5.69 Å². The topological polar surface area (TPSA) is 42.7 Å². The van der Waals surface area contributed by atoms with Gasteiger partial charge < -0.3 is 5.32 Å². The van der Waals surface area contributed by atoms with Crippen molar-refractivity contribution in [2.24, 2.45) is 5.92 Å². The lowest BCUT2D eigenvalue weighted by Crippen LogP contribution is -2.19. The van der Waals surface area contributed by atoms with Crippen LogP contribution in [0.3, 0.4) is 0 Å². The zero-order valence-corrected chi connectivity index (χ0v) is 11.7. The van der Waals surface area contributed by atoms with Gasteiger partial charge in [0.2, 0.25) is 0 Å². The second kappa shape index (κ2) is 6.12. The molecule has 4 nitrogen and oxygen atoms in total. The lowest BCUT2D eigenvalue weighted by Gasteiger charge is -2.04. The largest absolute Gasteiger partial charge is 0.311 e. The summed E-state index contributed by atoms with van der Waals surface area (Å²) < 4.78 is 14.7. The minimum Gasteiger partial charge on any atom is -0.311 e. The molecule has 2 aromatic rings. The fourth-order valence-electron chi connectivity index (χ4n) is 1.65. The second-order valence-corrected chi connectivity index (χ2v) is 5.18. The lowest BCUT2D eigenvalue weighted by molar-refractivity contribution is 0.548. The van der Waals surface area contributed by atoms with Gasteiger partial charge in [-0.05, 0) is 24.6 Å². The highest BCUT2D eigenvalue weighted by molar-refractivity contribution is 6.32. The summed E-state index contributed by atoms with van der Waals surface area (Å²) in [5.41, 5.74) is 1.28. The third-order valence-corrected chi connectivity index (χ3v) is 2.87. The third kappa shape index (κ3) is 3.75. The average Bonchev–Trinajstić information content (AvgIpc) is 2.80. The molecule has 0 bridgehead atoms. The van der Waals surface area contributed by atoms with Gasteiger partial charge in [-0.3, -0.25) is 0 Å². The van der Waals surface area contributed by atoms with Gasteiger partial charge in [-0.15, -0.1) is 5.10 Å². The van der Waals surface area contributed by atoms with Crippen molar-refractivity contribution < 1.29 is 4.39 Å². The van der Waals surface area contributed by atoms with Crippen molar-refractivity contribution in [1.82, 2.24) is 20.3 Å². The first-order chi connectivity index (χ1) is 9.06. The maximum Gasteiger partial charge on any atom is 0.125 e. The first-order valence-electron chi connectivity index (χ1n) is 6.13. The molecule has 0 amide bonds. The van der Waals surface area contributed by atoms with Crippen LogP contribution in [0.15, 0.2) is 24.4 Å². The molecule has 19 heavy (non-hydrogen) atoms. The van der Waals surface area contributed by atoms with Crippen LogP contribution in [0.2, 0.25) is 5.02 Å². The van der Waals surface area contributed by atoms with Gasteiger partial charge in [0.15, 0.2) is 0 Å². The number of nitrogens with zero attached hydrogens (tertiary/aromatic N) is 3. The van der Waals surface area contributed by atoms with E-state index >= 15 is 0 Å². The molecular weight excluding hydrogens is 267 g/mol. The van der Waals surface area contributed by atoms with E-state index in [1.807, 2.05) is 0 Å². The molecule has 0 radical (unpaired) electrons. The van der Waals surface area contributed by atoms with E-state index in [0.29, 0.717) is 23.2 Å². The first kappa shape index (κ1) is 14.0. The summed E-state index contributed by atoms with van der Waals surface area (Å²) >= 11 is 6.02. The minimum absolute atomic E-state index is 0.352. The van der Waals surface area contributed by atoms with Crippen LogP contribution >= 0.6 is 11.6 Å². The quantitative estimate of drug-likeness (QED) is 0.917. The van der Waals surface area contributed by atoms with E-state index in [-0.39, 0.29) is 5.82 Å². The Hall–Kier alpha value is -1.46. The number of hydrogen-bond donors (Lipinski definition) is 1. The summed E-state index contributed by atoms with van der Waals surface area (Å²) in [5, 5.41) is 11.7. The molecule has 1 aromatic heterocycles. The van der Waals surface area contributed by atoms with E-state index in [1.165, 1.54) is 22.9 Å². The maximum absolute atomic E-state index is 13.2. The Morgan fingerprint density at radius 2 is 2.21 bits per heavy atom. The van der Waals surface area contributed by atoms with Crippen LogP contribution in [0.4, 0.5) is 4.39 Å². The fourth-order valence-corrected chi connectivity index (χ4v) is 1.85. The lowest BCUT2D eigenvalue weighted by atomic mass is 10.2. The molecule has 0 fully saturated rings. The van der Waals surface area contributed by atoms with Crippen LogP contribution in [0, 0.1) is 11.7 Å². The average molecular weight is 283 g/mol. The molecule has 1 N–H and O–H groups in total. The molecule has 0 aliphatic heterocycles. The van der Waals surface area contributed by atoms with Crippen molar-refractivity contribution >= 4 is 11.6 Å². The normalized spacial score (nSPS) is 11.2. The molecule has 0 atom stereocenters. The van der Waals surface area contributed by atoms with E-state index < -0.39 is 0 Å². The van der Waals surface area contributed by atoms with E-state index in [1.54, 1.807) is 6.20 Å². The number of halogens is 2. The molecule has 1 aromatic carbocycles. The van der Waals surface area contributed by atoms with Gasteiger partial charge in [-0.1, -0.05) is 30.7 Å². The SMILES string of the molecule is CC(C)CNCc1cn(-c2cc(F)ccc2Cl)nn1. The maximum atomic E-state index is 13.2. The van der Waals surface area contributed by atoms with Crippen LogP contribution in [-0.4, -0.2) is 21.5 Å². The van der Waals surface area contributed by atoms with E-state index in [2.05, 4.69) is 29.5 Å². The van der Waals surface area contributed by atoms with Gasteiger partial charge in [0.1, 0.15) is 5.82 Å². The number of aromatic nitrogens is 3. The highest BCUT2D eigenvalue weighted by atomic mass is 35.5. The molecule has 0 aliphatic rings. The fraction of sp³-hybridized carbons (Fsp3) is 0.385. The van der Waals surface area contributed by atoms with Crippen LogP contribution < -0.4 is 5.32 Å². The molecule has 0 saturated heterocycles. The van der Waals surface area contributed by atoms with Crippen LogP contribution in [0.25, 0.3) is 5.69 Å².